The molecule has 7 nitrogen and oxygen atoms in total. The van der Waals surface area contributed by atoms with Crippen LogP contribution in [0.25, 0.3) is 0 Å². The summed E-state index contributed by atoms with van der Waals surface area (Å²) in [6, 6.07) is -0.103. The van der Waals surface area contributed by atoms with Crippen molar-refractivity contribution in [2.45, 2.75) is 82.8 Å². The number of likely N-dealkylation sites (tertiary alicyclic amines) is 1. The molecule has 0 radical (unpaired) electrons. The van der Waals surface area contributed by atoms with Gasteiger partial charge in [-0.05, 0) is 57.4 Å². The molecule has 1 aromatic heterocycles. The van der Waals surface area contributed by atoms with Gasteiger partial charge in [0.25, 0.3) is 11.1 Å². The number of carbonyl (C=O) groups is 2. The monoisotopic (exact) mass is 484 g/mol. The molecule has 10 heteroatoms. The number of thiazole rings is 1. The predicted octanol–water partition coefficient (Wildman–Crippen LogP) is 3.22. The van der Waals surface area contributed by atoms with Crippen molar-refractivity contribution < 1.29 is 23.1 Å². The van der Waals surface area contributed by atoms with E-state index < -0.39 is 12.5 Å². The first-order valence-corrected chi connectivity index (χ1v) is 12.8. The standard InChI is InChI=1S/C23H34F2N4O3S/c1-23(24,25)14-32-22-27-17-13-29(12-10-19(17)33-22)11-9-15-3-5-16(6-4-15)26-21(31)18-7-8-20(30)28(18)2/h15-16,18H,3-14H2,1-2H3,(H,26,31). The molecule has 0 spiro atoms. The molecule has 1 N–H and O–H groups in total. The van der Waals surface area contributed by atoms with Crippen molar-refractivity contribution in [2.24, 2.45) is 5.92 Å². The second-order valence-corrected chi connectivity index (χ2v) is 10.9. The van der Waals surface area contributed by atoms with Gasteiger partial charge < -0.3 is 15.0 Å². The molecule has 184 valence electrons. The molecule has 1 saturated heterocycles. The van der Waals surface area contributed by atoms with E-state index in [9.17, 15) is 18.4 Å². The molecule has 3 aliphatic rings. The van der Waals surface area contributed by atoms with E-state index in [1.54, 1.807) is 11.9 Å². The van der Waals surface area contributed by atoms with E-state index in [0.29, 0.717) is 24.0 Å². The average molecular weight is 485 g/mol. The number of alkyl halides is 2. The summed E-state index contributed by atoms with van der Waals surface area (Å²) in [4.78, 5) is 33.7. The van der Waals surface area contributed by atoms with Crippen molar-refractivity contribution in [2.75, 3.05) is 26.7 Å². The van der Waals surface area contributed by atoms with Gasteiger partial charge in [-0.3, -0.25) is 14.5 Å². The number of amides is 2. The minimum atomic E-state index is -2.86. The maximum absolute atomic E-state index is 13.0. The van der Waals surface area contributed by atoms with Crippen LogP contribution < -0.4 is 10.1 Å². The minimum absolute atomic E-state index is 0.00908. The first kappa shape index (κ1) is 24.3. The molecule has 2 amide bonds. The van der Waals surface area contributed by atoms with E-state index in [1.807, 2.05) is 0 Å². The summed E-state index contributed by atoms with van der Waals surface area (Å²) in [6.07, 6.45) is 7.25. The van der Waals surface area contributed by atoms with Crippen LogP contribution in [-0.2, 0) is 22.6 Å². The number of aromatic nitrogens is 1. The first-order valence-electron chi connectivity index (χ1n) is 12.0. The molecule has 2 aliphatic heterocycles. The zero-order valence-corrected chi connectivity index (χ0v) is 20.3. The summed E-state index contributed by atoms with van der Waals surface area (Å²) in [7, 11) is 1.71. The molecule has 1 atom stereocenters. The molecular formula is C23H34F2N4O3S. The third-order valence-electron chi connectivity index (χ3n) is 7.08. The predicted molar refractivity (Wildman–Crippen MR) is 122 cm³/mol. The van der Waals surface area contributed by atoms with Gasteiger partial charge >= 0.3 is 0 Å². The number of nitrogens with zero attached hydrogens (tertiary/aromatic N) is 3. The van der Waals surface area contributed by atoms with Crippen molar-refractivity contribution >= 4 is 23.2 Å². The Balaban J connectivity index is 1.16. The Bertz CT molecular complexity index is 851. The average Bonchev–Trinajstić information content (AvgIpc) is 3.33. The molecule has 0 aromatic carbocycles. The van der Waals surface area contributed by atoms with Gasteiger partial charge in [0.15, 0.2) is 6.61 Å². The highest BCUT2D eigenvalue weighted by Crippen LogP contribution is 2.32. The topological polar surface area (TPSA) is 74.8 Å². The number of ether oxygens (including phenoxy) is 1. The summed E-state index contributed by atoms with van der Waals surface area (Å²) in [6.45, 7) is 2.91. The van der Waals surface area contributed by atoms with E-state index in [-0.39, 0.29) is 23.9 Å². The summed E-state index contributed by atoms with van der Waals surface area (Å²) < 4.78 is 31.2. The summed E-state index contributed by atoms with van der Waals surface area (Å²) in [5.41, 5.74) is 0.961. The summed E-state index contributed by atoms with van der Waals surface area (Å²) in [5.74, 6) is -2.17. The number of hydrogen-bond acceptors (Lipinski definition) is 6. The molecule has 1 aromatic rings. The summed E-state index contributed by atoms with van der Waals surface area (Å²) in [5, 5.41) is 3.51. The van der Waals surface area contributed by atoms with Crippen LogP contribution in [0.5, 0.6) is 5.19 Å². The number of halogens is 2. The zero-order valence-electron chi connectivity index (χ0n) is 19.4. The second kappa shape index (κ2) is 10.2. The SMILES string of the molecule is CN1C(=O)CCC1C(=O)NC1CCC(CCN2CCc3sc(OCC(C)(F)F)nc3C2)CC1. The Kier molecular flexibility index (Phi) is 7.53. The molecule has 3 heterocycles. The largest absolute Gasteiger partial charge is 0.464 e. The van der Waals surface area contributed by atoms with E-state index in [4.69, 9.17) is 4.74 Å². The minimum Gasteiger partial charge on any atom is -0.464 e. The van der Waals surface area contributed by atoms with Gasteiger partial charge in [-0.15, -0.1) is 0 Å². The maximum atomic E-state index is 13.0. The lowest BCUT2D eigenvalue weighted by Crippen LogP contribution is -2.47. The van der Waals surface area contributed by atoms with Crippen LogP contribution in [0, 0.1) is 5.92 Å². The fourth-order valence-electron chi connectivity index (χ4n) is 5.04. The van der Waals surface area contributed by atoms with Crippen molar-refractivity contribution in [1.29, 1.82) is 0 Å². The van der Waals surface area contributed by atoms with Gasteiger partial charge in [0, 0.05) is 44.4 Å². The molecule has 4 rings (SSSR count). The number of carbonyl (C=O) groups excluding carboxylic acids is 2. The Morgan fingerprint density at radius 2 is 2.00 bits per heavy atom. The normalized spacial score (nSPS) is 26.4. The molecule has 33 heavy (non-hydrogen) atoms. The highest BCUT2D eigenvalue weighted by Gasteiger charge is 2.34. The Labute approximate surface area is 197 Å². The molecule has 1 unspecified atom stereocenters. The van der Waals surface area contributed by atoms with Crippen molar-refractivity contribution in [3.8, 4) is 5.19 Å². The van der Waals surface area contributed by atoms with Crippen molar-refractivity contribution in [3.63, 3.8) is 0 Å². The number of hydrogen-bond donors (Lipinski definition) is 1. The van der Waals surface area contributed by atoms with Crippen LogP contribution in [0.4, 0.5) is 8.78 Å². The van der Waals surface area contributed by atoms with E-state index >= 15 is 0 Å². The number of rotatable bonds is 8. The van der Waals surface area contributed by atoms with E-state index in [0.717, 1.165) is 75.7 Å². The van der Waals surface area contributed by atoms with Gasteiger partial charge in [-0.25, -0.2) is 13.8 Å². The van der Waals surface area contributed by atoms with Crippen LogP contribution in [-0.4, -0.2) is 71.3 Å². The zero-order chi connectivity index (χ0) is 23.6. The number of nitrogens with one attached hydrogen (secondary N) is 1. The van der Waals surface area contributed by atoms with Crippen LogP contribution in [0.2, 0.25) is 0 Å². The van der Waals surface area contributed by atoms with Crippen LogP contribution in [0.1, 0.15) is 62.4 Å². The van der Waals surface area contributed by atoms with E-state index in [1.165, 1.54) is 11.3 Å². The fourth-order valence-corrected chi connectivity index (χ4v) is 5.94. The quantitative estimate of drug-likeness (QED) is 0.613. The second-order valence-electron chi connectivity index (χ2n) is 9.81. The van der Waals surface area contributed by atoms with Crippen LogP contribution in [0.15, 0.2) is 0 Å². The van der Waals surface area contributed by atoms with Crippen LogP contribution in [0.3, 0.4) is 0 Å². The lowest BCUT2D eigenvalue weighted by molar-refractivity contribution is -0.134. The fraction of sp³-hybridized carbons (Fsp3) is 0.783. The third kappa shape index (κ3) is 6.41. The first-order chi connectivity index (χ1) is 15.7. The highest BCUT2D eigenvalue weighted by molar-refractivity contribution is 7.13. The molecule has 1 aliphatic carbocycles. The lowest BCUT2D eigenvalue weighted by atomic mass is 9.84. The third-order valence-corrected chi connectivity index (χ3v) is 8.15. The molecule has 0 bridgehead atoms. The van der Waals surface area contributed by atoms with Gasteiger partial charge in [0.2, 0.25) is 11.8 Å². The van der Waals surface area contributed by atoms with Crippen molar-refractivity contribution in [3.05, 3.63) is 10.6 Å². The van der Waals surface area contributed by atoms with E-state index in [2.05, 4.69) is 15.2 Å². The van der Waals surface area contributed by atoms with Gasteiger partial charge in [0.1, 0.15) is 6.04 Å². The summed E-state index contributed by atoms with van der Waals surface area (Å²) >= 11 is 1.39. The number of likely N-dealkylation sites (N-methyl/N-ethyl adjacent to an activating group) is 1. The molecule has 1 saturated carbocycles. The van der Waals surface area contributed by atoms with Crippen LogP contribution >= 0.6 is 11.3 Å². The maximum Gasteiger partial charge on any atom is 0.278 e. The molecular weight excluding hydrogens is 450 g/mol. The Morgan fingerprint density at radius 3 is 2.67 bits per heavy atom. The van der Waals surface area contributed by atoms with Gasteiger partial charge in [0.05, 0.1) is 5.69 Å². The Morgan fingerprint density at radius 1 is 1.24 bits per heavy atom. The van der Waals surface area contributed by atoms with Gasteiger partial charge in [-0.2, -0.15) is 0 Å². The van der Waals surface area contributed by atoms with Gasteiger partial charge in [-0.1, -0.05) is 11.3 Å². The lowest BCUT2D eigenvalue weighted by Gasteiger charge is -2.32. The number of fused-ring (bicyclic) bond motifs is 1. The van der Waals surface area contributed by atoms with Crippen molar-refractivity contribution in [1.82, 2.24) is 20.1 Å². The molecule has 2 fully saturated rings. The Hall–Kier alpha value is -1.81. The highest BCUT2D eigenvalue weighted by atomic mass is 32.1. The smallest absolute Gasteiger partial charge is 0.278 e.